The lowest BCUT2D eigenvalue weighted by Crippen LogP contribution is -2.44. The number of thioether (sulfide) groups is 1. The Morgan fingerprint density at radius 1 is 1.38 bits per heavy atom. The second-order valence-electron chi connectivity index (χ2n) is 5.64. The van der Waals surface area contributed by atoms with Crippen molar-refractivity contribution in [1.82, 2.24) is 9.88 Å². The van der Waals surface area contributed by atoms with Crippen LogP contribution in [-0.4, -0.2) is 47.5 Å². The van der Waals surface area contributed by atoms with E-state index < -0.39 is 0 Å². The summed E-state index contributed by atoms with van der Waals surface area (Å²) in [6, 6.07) is 3.75. The Morgan fingerprint density at radius 2 is 2.24 bits per heavy atom. The quantitative estimate of drug-likeness (QED) is 0.854. The van der Waals surface area contributed by atoms with Gasteiger partial charge in [0.05, 0.1) is 12.2 Å². The number of rotatable bonds is 2. The molecule has 2 amide bonds. The lowest BCUT2D eigenvalue weighted by atomic mass is 9.87. The molecule has 2 saturated heterocycles. The van der Waals surface area contributed by atoms with Gasteiger partial charge in [-0.15, -0.1) is 11.8 Å². The van der Waals surface area contributed by atoms with Crippen molar-refractivity contribution in [3.8, 4) is 0 Å². The maximum absolute atomic E-state index is 12.3. The van der Waals surface area contributed by atoms with Gasteiger partial charge in [0.2, 0.25) is 0 Å². The number of amides is 2. The average Bonchev–Trinajstić information content (AvgIpc) is 2.70. The molecule has 1 aromatic rings. The van der Waals surface area contributed by atoms with Crippen molar-refractivity contribution in [2.75, 3.05) is 31.3 Å². The molecule has 1 atom stereocenters. The van der Waals surface area contributed by atoms with Gasteiger partial charge in [-0.1, -0.05) is 0 Å². The minimum Gasteiger partial charge on any atom is -0.375 e. The van der Waals surface area contributed by atoms with Gasteiger partial charge in [-0.25, -0.2) is 9.78 Å². The van der Waals surface area contributed by atoms with Crippen molar-refractivity contribution in [2.24, 2.45) is 0 Å². The maximum Gasteiger partial charge on any atom is 0.323 e. The Balaban J connectivity index is 1.56. The van der Waals surface area contributed by atoms with E-state index in [-0.39, 0.29) is 11.6 Å². The molecule has 0 bridgehead atoms. The van der Waals surface area contributed by atoms with Crippen LogP contribution in [0.1, 0.15) is 25.7 Å². The van der Waals surface area contributed by atoms with Gasteiger partial charge in [0.15, 0.2) is 0 Å². The molecular formula is C15H21N3O2S. The minimum absolute atomic E-state index is 0.0595. The van der Waals surface area contributed by atoms with Gasteiger partial charge in [-0.2, -0.15) is 0 Å². The van der Waals surface area contributed by atoms with Crippen LogP contribution in [0.15, 0.2) is 23.2 Å². The highest BCUT2D eigenvalue weighted by Gasteiger charge is 2.40. The molecule has 5 nitrogen and oxygen atoms in total. The monoisotopic (exact) mass is 307 g/mol. The Labute approximate surface area is 129 Å². The van der Waals surface area contributed by atoms with Gasteiger partial charge in [0.25, 0.3) is 0 Å². The van der Waals surface area contributed by atoms with Crippen LogP contribution in [0.2, 0.25) is 0 Å². The normalized spacial score (nSPS) is 25.3. The fourth-order valence-electron chi connectivity index (χ4n) is 2.92. The van der Waals surface area contributed by atoms with E-state index in [0.29, 0.717) is 5.82 Å². The molecule has 0 aromatic carbocycles. The first-order valence-electron chi connectivity index (χ1n) is 7.41. The third-order valence-electron chi connectivity index (χ3n) is 4.36. The van der Waals surface area contributed by atoms with E-state index in [2.05, 4.69) is 10.3 Å². The number of anilines is 1. The average molecular weight is 307 g/mol. The number of carbonyl (C=O) groups is 1. The predicted octanol–water partition coefficient (Wildman–Crippen LogP) is 2.98. The fourth-order valence-corrected chi connectivity index (χ4v) is 3.28. The molecular weight excluding hydrogens is 286 g/mol. The number of hydrogen-bond donors (Lipinski definition) is 1. The van der Waals surface area contributed by atoms with Gasteiger partial charge in [-0.05, 0) is 44.1 Å². The van der Waals surface area contributed by atoms with Crippen molar-refractivity contribution in [2.45, 2.75) is 36.2 Å². The van der Waals surface area contributed by atoms with E-state index in [9.17, 15) is 4.79 Å². The summed E-state index contributed by atoms with van der Waals surface area (Å²) >= 11 is 1.64. The standard InChI is InChI=1S/C15H21N3O2S/c1-21-12-3-4-13(16-11-12)17-14(19)18-8-2-5-15(6-9-18)7-10-20-15/h3-4,11H,2,5-10H2,1H3,(H,16,17,19). The van der Waals surface area contributed by atoms with Crippen molar-refractivity contribution >= 4 is 23.6 Å². The van der Waals surface area contributed by atoms with E-state index in [4.69, 9.17) is 4.74 Å². The summed E-state index contributed by atoms with van der Waals surface area (Å²) in [5, 5.41) is 2.88. The number of urea groups is 1. The van der Waals surface area contributed by atoms with E-state index >= 15 is 0 Å². The first-order chi connectivity index (χ1) is 10.2. The van der Waals surface area contributed by atoms with E-state index in [1.165, 1.54) is 0 Å². The Hall–Kier alpha value is -1.27. The highest BCUT2D eigenvalue weighted by Crippen LogP contribution is 2.36. The van der Waals surface area contributed by atoms with Crippen LogP contribution < -0.4 is 5.32 Å². The molecule has 21 heavy (non-hydrogen) atoms. The summed E-state index contributed by atoms with van der Waals surface area (Å²) < 4.78 is 5.74. The van der Waals surface area contributed by atoms with Crippen molar-refractivity contribution in [1.29, 1.82) is 0 Å². The first-order valence-corrected chi connectivity index (χ1v) is 8.63. The molecule has 3 rings (SSSR count). The highest BCUT2D eigenvalue weighted by molar-refractivity contribution is 7.98. The molecule has 0 saturated carbocycles. The van der Waals surface area contributed by atoms with Gasteiger partial charge in [0, 0.05) is 24.2 Å². The zero-order chi connectivity index (χ0) is 14.7. The molecule has 1 N–H and O–H groups in total. The molecule has 2 fully saturated rings. The molecule has 2 aliphatic heterocycles. The van der Waals surface area contributed by atoms with Crippen LogP contribution >= 0.6 is 11.8 Å². The summed E-state index contributed by atoms with van der Waals surface area (Å²) in [6.07, 6.45) is 7.94. The second-order valence-corrected chi connectivity index (χ2v) is 6.52. The molecule has 3 heterocycles. The number of nitrogens with one attached hydrogen (secondary N) is 1. The number of nitrogens with zero attached hydrogens (tertiary/aromatic N) is 2. The Bertz CT molecular complexity index is 502. The van der Waals surface area contributed by atoms with E-state index in [1.807, 2.05) is 23.3 Å². The van der Waals surface area contributed by atoms with Crippen molar-refractivity contribution < 1.29 is 9.53 Å². The van der Waals surface area contributed by atoms with Crippen LogP contribution in [0.3, 0.4) is 0 Å². The molecule has 0 radical (unpaired) electrons. The molecule has 0 aliphatic carbocycles. The van der Waals surface area contributed by atoms with Crippen LogP contribution in [0.5, 0.6) is 0 Å². The fraction of sp³-hybridized carbons (Fsp3) is 0.600. The number of aromatic nitrogens is 1. The van der Waals surface area contributed by atoms with Crippen molar-refractivity contribution in [3.05, 3.63) is 18.3 Å². The SMILES string of the molecule is CSc1ccc(NC(=O)N2CCCC3(CCO3)CC2)nc1. The lowest BCUT2D eigenvalue weighted by Gasteiger charge is -2.41. The molecule has 114 valence electrons. The number of likely N-dealkylation sites (tertiary alicyclic amines) is 1. The molecule has 1 spiro atoms. The van der Waals surface area contributed by atoms with E-state index in [0.717, 1.165) is 50.3 Å². The molecule has 6 heteroatoms. The summed E-state index contributed by atoms with van der Waals surface area (Å²) in [4.78, 5) is 19.5. The van der Waals surface area contributed by atoms with Crippen LogP contribution in [0.4, 0.5) is 10.6 Å². The zero-order valence-electron chi connectivity index (χ0n) is 12.3. The number of hydrogen-bond acceptors (Lipinski definition) is 4. The minimum atomic E-state index is -0.0595. The molecule has 2 aliphatic rings. The summed E-state index contributed by atoms with van der Waals surface area (Å²) in [7, 11) is 0. The first kappa shape index (κ1) is 14.7. The van der Waals surface area contributed by atoms with Gasteiger partial charge < -0.3 is 9.64 Å². The van der Waals surface area contributed by atoms with Crippen molar-refractivity contribution in [3.63, 3.8) is 0 Å². The second kappa shape index (κ2) is 6.23. The maximum atomic E-state index is 12.3. The summed E-state index contributed by atoms with van der Waals surface area (Å²) in [5.41, 5.74) is 0.0628. The van der Waals surface area contributed by atoms with Gasteiger partial charge in [0.1, 0.15) is 5.82 Å². The third kappa shape index (κ3) is 3.32. The lowest BCUT2D eigenvalue weighted by molar-refractivity contribution is -0.153. The van der Waals surface area contributed by atoms with Gasteiger partial charge >= 0.3 is 6.03 Å². The Kier molecular flexibility index (Phi) is 4.35. The van der Waals surface area contributed by atoms with Crippen LogP contribution in [-0.2, 0) is 4.74 Å². The zero-order valence-corrected chi connectivity index (χ0v) is 13.1. The van der Waals surface area contributed by atoms with E-state index in [1.54, 1.807) is 18.0 Å². The highest BCUT2D eigenvalue weighted by atomic mass is 32.2. The van der Waals surface area contributed by atoms with Crippen LogP contribution in [0, 0.1) is 0 Å². The smallest absolute Gasteiger partial charge is 0.323 e. The molecule has 1 aromatic heterocycles. The molecule has 1 unspecified atom stereocenters. The predicted molar refractivity (Wildman–Crippen MR) is 83.8 cm³/mol. The third-order valence-corrected chi connectivity index (χ3v) is 5.07. The summed E-state index contributed by atoms with van der Waals surface area (Å²) in [5.74, 6) is 0.608. The Morgan fingerprint density at radius 3 is 2.86 bits per heavy atom. The summed E-state index contributed by atoms with van der Waals surface area (Å²) in [6.45, 7) is 2.42. The number of pyridine rings is 1. The topological polar surface area (TPSA) is 54.5 Å². The number of carbonyl (C=O) groups excluding carboxylic acids is 1. The van der Waals surface area contributed by atoms with Gasteiger partial charge in [-0.3, -0.25) is 5.32 Å². The van der Waals surface area contributed by atoms with Crippen LogP contribution in [0.25, 0.3) is 0 Å². The largest absolute Gasteiger partial charge is 0.375 e. The number of ether oxygens (including phenoxy) is 1.